The highest BCUT2D eigenvalue weighted by Crippen LogP contribution is 2.34. The average molecular weight is 327 g/mol. The predicted molar refractivity (Wildman–Crippen MR) is 84.6 cm³/mol. The van der Waals surface area contributed by atoms with Gasteiger partial charge in [-0.15, -0.1) is 0 Å². The number of rotatable bonds is 2. The Bertz CT molecular complexity index is 955. The van der Waals surface area contributed by atoms with Crippen LogP contribution in [0.1, 0.15) is 22.3 Å². The summed E-state index contributed by atoms with van der Waals surface area (Å²) in [5, 5.41) is 20.9. The molecule has 0 heterocycles. The fourth-order valence-electron chi connectivity index (χ4n) is 2.73. The van der Waals surface area contributed by atoms with Crippen molar-refractivity contribution in [3.8, 4) is 11.8 Å². The van der Waals surface area contributed by atoms with Gasteiger partial charge < -0.3 is 5.11 Å². The zero-order valence-electron chi connectivity index (χ0n) is 12.4. The standard InChI is InChI=1S/C19H12F3NO/c20-19(21,22)15-6-3-4-12(9-15)8-14-10-13-5-1-2-7-16(13)18(24)17(14)11-23/h1-7,9-10,24H,8H2. The Hall–Kier alpha value is -3.00. The van der Waals surface area contributed by atoms with Crippen LogP contribution in [0.3, 0.4) is 0 Å². The first kappa shape index (κ1) is 15.9. The topological polar surface area (TPSA) is 44.0 Å². The van der Waals surface area contributed by atoms with Crippen molar-refractivity contribution in [3.63, 3.8) is 0 Å². The number of phenolic OH excluding ortho intramolecular Hbond substituents is 1. The van der Waals surface area contributed by atoms with Crippen molar-refractivity contribution in [3.05, 3.63) is 76.9 Å². The number of hydrogen-bond acceptors (Lipinski definition) is 2. The van der Waals surface area contributed by atoms with Gasteiger partial charge in [0.1, 0.15) is 11.8 Å². The van der Waals surface area contributed by atoms with Crippen molar-refractivity contribution in [2.75, 3.05) is 0 Å². The molecule has 0 aliphatic carbocycles. The lowest BCUT2D eigenvalue weighted by molar-refractivity contribution is -0.137. The molecule has 0 aliphatic heterocycles. The molecule has 3 rings (SSSR count). The molecule has 0 atom stereocenters. The van der Waals surface area contributed by atoms with Crippen LogP contribution >= 0.6 is 0 Å². The highest BCUT2D eigenvalue weighted by atomic mass is 19.4. The van der Waals surface area contributed by atoms with Crippen LogP contribution < -0.4 is 0 Å². The number of nitrogens with zero attached hydrogens (tertiary/aromatic N) is 1. The van der Waals surface area contributed by atoms with Crippen LogP contribution in [0.25, 0.3) is 10.8 Å². The zero-order chi connectivity index (χ0) is 17.3. The molecule has 2 nitrogen and oxygen atoms in total. The molecule has 0 fully saturated rings. The molecule has 0 spiro atoms. The monoisotopic (exact) mass is 327 g/mol. The van der Waals surface area contributed by atoms with Crippen molar-refractivity contribution < 1.29 is 18.3 Å². The van der Waals surface area contributed by atoms with Gasteiger partial charge >= 0.3 is 6.18 Å². The van der Waals surface area contributed by atoms with E-state index in [0.717, 1.165) is 17.5 Å². The van der Waals surface area contributed by atoms with Crippen LogP contribution in [-0.2, 0) is 12.6 Å². The molecule has 0 amide bonds. The fourth-order valence-corrected chi connectivity index (χ4v) is 2.73. The SMILES string of the molecule is N#Cc1c(Cc2cccc(C(F)(F)F)c2)cc2ccccc2c1O. The quantitative estimate of drug-likeness (QED) is 0.717. The molecule has 0 bridgehead atoms. The third-order valence-electron chi connectivity index (χ3n) is 3.86. The summed E-state index contributed by atoms with van der Waals surface area (Å²) >= 11 is 0. The van der Waals surface area contributed by atoms with Crippen LogP contribution in [-0.4, -0.2) is 5.11 Å². The molecular weight excluding hydrogens is 315 g/mol. The summed E-state index contributed by atoms with van der Waals surface area (Å²) in [4.78, 5) is 0. The molecule has 0 radical (unpaired) electrons. The molecule has 0 unspecified atom stereocenters. The zero-order valence-corrected chi connectivity index (χ0v) is 12.4. The van der Waals surface area contributed by atoms with Crippen LogP contribution in [0.2, 0.25) is 0 Å². The van der Waals surface area contributed by atoms with Gasteiger partial charge in [0, 0.05) is 5.39 Å². The van der Waals surface area contributed by atoms with Gasteiger partial charge in [-0.25, -0.2) is 0 Å². The first-order valence-electron chi connectivity index (χ1n) is 7.20. The second kappa shape index (κ2) is 5.89. The maximum absolute atomic E-state index is 12.8. The number of phenols is 1. The fraction of sp³-hybridized carbons (Fsp3) is 0.105. The Morgan fingerprint density at radius 2 is 1.75 bits per heavy atom. The Morgan fingerprint density at radius 1 is 1.00 bits per heavy atom. The first-order chi connectivity index (χ1) is 11.4. The van der Waals surface area contributed by atoms with Crippen LogP contribution in [0, 0.1) is 11.3 Å². The molecule has 3 aromatic rings. The van der Waals surface area contributed by atoms with E-state index in [9.17, 15) is 23.5 Å². The van der Waals surface area contributed by atoms with E-state index in [-0.39, 0.29) is 17.7 Å². The maximum Gasteiger partial charge on any atom is 0.416 e. The van der Waals surface area contributed by atoms with Gasteiger partial charge in [-0.1, -0.05) is 42.5 Å². The molecule has 24 heavy (non-hydrogen) atoms. The number of halogens is 3. The lowest BCUT2D eigenvalue weighted by Crippen LogP contribution is -2.05. The summed E-state index contributed by atoms with van der Waals surface area (Å²) in [6, 6.07) is 15.7. The second-order valence-corrected chi connectivity index (χ2v) is 5.47. The molecule has 0 saturated heterocycles. The summed E-state index contributed by atoms with van der Waals surface area (Å²) in [6.07, 6.45) is -4.29. The molecular formula is C19H12F3NO. The molecule has 0 saturated carbocycles. The summed E-state index contributed by atoms with van der Waals surface area (Å²) in [5.41, 5.74) is 0.277. The van der Waals surface area contributed by atoms with Crippen molar-refractivity contribution in [2.24, 2.45) is 0 Å². The second-order valence-electron chi connectivity index (χ2n) is 5.47. The van der Waals surface area contributed by atoms with Gasteiger partial charge in [-0.05, 0) is 35.1 Å². The van der Waals surface area contributed by atoms with E-state index in [1.807, 2.05) is 6.07 Å². The van der Waals surface area contributed by atoms with Crippen molar-refractivity contribution >= 4 is 10.8 Å². The van der Waals surface area contributed by atoms with E-state index in [0.29, 0.717) is 16.5 Å². The Kier molecular flexibility index (Phi) is 3.90. The van der Waals surface area contributed by atoms with E-state index in [4.69, 9.17) is 0 Å². The number of fused-ring (bicyclic) bond motifs is 1. The van der Waals surface area contributed by atoms with Gasteiger partial charge in [-0.3, -0.25) is 0 Å². The molecule has 1 N–H and O–H groups in total. The van der Waals surface area contributed by atoms with E-state index in [1.165, 1.54) is 6.07 Å². The third-order valence-corrected chi connectivity index (χ3v) is 3.86. The molecule has 120 valence electrons. The smallest absolute Gasteiger partial charge is 0.416 e. The maximum atomic E-state index is 12.8. The van der Waals surface area contributed by atoms with Crippen LogP contribution in [0.15, 0.2) is 54.6 Å². The van der Waals surface area contributed by atoms with Crippen molar-refractivity contribution in [2.45, 2.75) is 12.6 Å². The third kappa shape index (κ3) is 2.91. The van der Waals surface area contributed by atoms with E-state index in [1.54, 1.807) is 36.4 Å². The highest BCUT2D eigenvalue weighted by Gasteiger charge is 2.30. The average Bonchev–Trinajstić information content (AvgIpc) is 2.55. The summed E-state index contributed by atoms with van der Waals surface area (Å²) in [6.45, 7) is 0. The summed E-state index contributed by atoms with van der Waals surface area (Å²) in [7, 11) is 0. The van der Waals surface area contributed by atoms with Crippen LogP contribution in [0.5, 0.6) is 5.75 Å². The van der Waals surface area contributed by atoms with Gasteiger partial charge in [-0.2, -0.15) is 18.4 Å². The van der Waals surface area contributed by atoms with E-state index in [2.05, 4.69) is 0 Å². The number of nitriles is 1. The van der Waals surface area contributed by atoms with Gasteiger partial charge in [0.25, 0.3) is 0 Å². The van der Waals surface area contributed by atoms with Crippen LogP contribution in [0.4, 0.5) is 13.2 Å². The van der Waals surface area contributed by atoms with Crippen molar-refractivity contribution in [1.82, 2.24) is 0 Å². The Labute approximate surface area is 136 Å². The number of aromatic hydroxyl groups is 1. The highest BCUT2D eigenvalue weighted by molar-refractivity contribution is 5.91. The number of benzene rings is 3. The predicted octanol–water partition coefficient (Wildman–Crippen LogP) is 5.03. The number of alkyl halides is 3. The minimum atomic E-state index is -4.42. The van der Waals surface area contributed by atoms with Gasteiger partial charge in [0.2, 0.25) is 0 Å². The molecule has 5 heteroatoms. The lowest BCUT2D eigenvalue weighted by Gasteiger charge is -2.12. The minimum Gasteiger partial charge on any atom is -0.506 e. The summed E-state index contributed by atoms with van der Waals surface area (Å²) < 4.78 is 38.5. The molecule has 0 aromatic heterocycles. The Balaban J connectivity index is 2.09. The first-order valence-corrected chi connectivity index (χ1v) is 7.20. The van der Waals surface area contributed by atoms with E-state index < -0.39 is 11.7 Å². The summed E-state index contributed by atoms with van der Waals surface area (Å²) in [5.74, 6) is -0.141. The molecule has 3 aromatic carbocycles. The Morgan fingerprint density at radius 3 is 2.46 bits per heavy atom. The van der Waals surface area contributed by atoms with Crippen molar-refractivity contribution in [1.29, 1.82) is 5.26 Å². The number of hydrogen-bond donors (Lipinski definition) is 1. The largest absolute Gasteiger partial charge is 0.506 e. The normalized spacial score (nSPS) is 11.4. The van der Waals surface area contributed by atoms with Gasteiger partial charge in [0.05, 0.1) is 11.1 Å². The molecule has 0 aliphatic rings. The lowest BCUT2D eigenvalue weighted by atomic mass is 9.94. The minimum absolute atomic E-state index is 0.0890. The van der Waals surface area contributed by atoms with E-state index >= 15 is 0 Å². The van der Waals surface area contributed by atoms with Gasteiger partial charge in [0.15, 0.2) is 0 Å².